The van der Waals surface area contributed by atoms with Gasteiger partial charge in [0, 0.05) is 24.1 Å². The van der Waals surface area contributed by atoms with E-state index < -0.39 is 0 Å². The number of nitrogens with one attached hydrogen (secondary N) is 2. The number of aryl methyl sites for hydroxylation is 2. The summed E-state index contributed by atoms with van der Waals surface area (Å²) in [7, 11) is 0. The summed E-state index contributed by atoms with van der Waals surface area (Å²) in [5.41, 5.74) is 1.87. The number of hydrogen-bond donors (Lipinski definition) is 2. The van der Waals surface area contributed by atoms with Crippen LogP contribution in [0.3, 0.4) is 0 Å². The normalized spacial score (nSPS) is 29.4. The molecular weight excluding hydrogens is 266 g/mol. The quantitative estimate of drug-likeness (QED) is 0.894. The lowest BCUT2D eigenvalue weighted by Crippen LogP contribution is -2.40. The van der Waals surface area contributed by atoms with E-state index in [1.807, 2.05) is 20.8 Å². The van der Waals surface area contributed by atoms with Crippen LogP contribution < -0.4 is 10.6 Å². The predicted octanol–water partition coefficient (Wildman–Crippen LogP) is 2.39. The Morgan fingerprint density at radius 2 is 2.05 bits per heavy atom. The fourth-order valence-corrected chi connectivity index (χ4v) is 4.08. The van der Waals surface area contributed by atoms with Crippen LogP contribution >= 0.6 is 0 Å². The smallest absolute Gasteiger partial charge is 0.220 e. The predicted molar refractivity (Wildman–Crippen MR) is 79.8 cm³/mol. The lowest BCUT2D eigenvalue weighted by Gasteiger charge is -2.29. The molecule has 116 valence electrons. The van der Waals surface area contributed by atoms with Crippen LogP contribution in [0.1, 0.15) is 62.1 Å². The van der Waals surface area contributed by atoms with Crippen molar-refractivity contribution in [1.29, 1.82) is 0 Å². The van der Waals surface area contributed by atoms with Gasteiger partial charge in [0.25, 0.3) is 0 Å². The molecule has 3 heterocycles. The van der Waals surface area contributed by atoms with Crippen molar-refractivity contribution in [3.63, 3.8) is 0 Å². The van der Waals surface area contributed by atoms with E-state index in [0.29, 0.717) is 24.4 Å². The van der Waals surface area contributed by atoms with E-state index in [4.69, 9.17) is 4.52 Å². The molecule has 3 unspecified atom stereocenters. The van der Waals surface area contributed by atoms with Gasteiger partial charge in [-0.25, -0.2) is 0 Å². The Morgan fingerprint density at radius 3 is 2.62 bits per heavy atom. The van der Waals surface area contributed by atoms with Gasteiger partial charge in [0.05, 0.1) is 11.7 Å². The van der Waals surface area contributed by atoms with Gasteiger partial charge in [-0.3, -0.25) is 4.79 Å². The minimum atomic E-state index is -0.0396. The van der Waals surface area contributed by atoms with Gasteiger partial charge in [0.1, 0.15) is 5.76 Å². The SMILES string of the molecule is Cc1noc(C)c1C(C)NC(=O)CC1CC2CCC(C1)N2. The van der Waals surface area contributed by atoms with Crippen molar-refractivity contribution >= 4 is 5.91 Å². The number of fused-ring (bicyclic) bond motifs is 2. The molecule has 2 aliphatic heterocycles. The molecule has 3 atom stereocenters. The average molecular weight is 291 g/mol. The van der Waals surface area contributed by atoms with Crippen LogP contribution in [0.2, 0.25) is 0 Å². The topological polar surface area (TPSA) is 67.2 Å². The monoisotopic (exact) mass is 291 g/mol. The average Bonchev–Trinajstić information content (AvgIpc) is 2.92. The first-order valence-corrected chi connectivity index (χ1v) is 8.01. The number of rotatable bonds is 4. The second-order valence-electron chi connectivity index (χ2n) is 6.71. The van der Waals surface area contributed by atoms with E-state index in [9.17, 15) is 4.79 Å². The third-order valence-electron chi connectivity index (χ3n) is 4.94. The Labute approximate surface area is 125 Å². The number of carbonyl (C=O) groups excluding carboxylic acids is 1. The Kier molecular flexibility index (Phi) is 4.02. The van der Waals surface area contributed by atoms with Crippen LogP contribution in [0.4, 0.5) is 0 Å². The fourth-order valence-electron chi connectivity index (χ4n) is 4.08. The third kappa shape index (κ3) is 3.12. The number of piperidine rings is 1. The first-order chi connectivity index (χ1) is 10.0. The van der Waals surface area contributed by atoms with E-state index >= 15 is 0 Å². The summed E-state index contributed by atoms with van der Waals surface area (Å²) in [6.45, 7) is 5.80. The summed E-state index contributed by atoms with van der Waals surface area (Å²) in [5, 5.41) is 10.7. The highest BCUT2D eigenvalue weighted by atomic mass is 16.5. The van der Waals surface area contributed by atoms with E-state index in [1.54, 1.807) is 0 Å². The molecule has 5 heteroatoms. The van der Waals surface area contributed by atoms with Crippen LogP contribution in [0.15, 0.2) is 4.52 Å². The number of carbonyl (C=O) groups is 1. The van der Waals surface area contributed by atoms with E-state index in [1.165, 1.54) is 12.8 Å². The van der Waals surface area contributed by atoms with Crippen LogP contribution in [-0.2, 0) is 4.79 Å². The summed E-state index contributed by atoms with van der Waals surface area (Å²) < 4.78 is 5.17. The van der Waals surface area contributed by atoms with Crippen molar-refractivity contribution in [3.05, 3.63) is 17.0 Å². The summed E-state index contributed by atoms with van der Waals surface area (Å²) in [6, 6.07) is 1.24. The minimum Gasteiger partial charge on any atom is -0.361 e. The van der Waals surface area contributed by atoms with Crippen LogP contribution in [0.5, 0.6) is 0 Å². The van der Waals surface area contributed by atoms with E-state index in [2.05, 4.69) is 15.8 Å². The molecule has 3 rings (SSSR count). The zero-order chi connectivity index (χ0) is 15.0. The molecule has 2 N–H and O–H groups in total. The molecule has 5 nitrogen and oxygen atoms in total. The molecule has 21 heavy (non-hydrogen) atoms. The van der Waals surface area contributed by atoms with Crippen molar-refractivity contribution in [3.8, 4) is 0 Å². The molecule has 0 aliphatic carbocycles. The number of hydrogen-bond acceptors (Lipinski definition) is 4. The standard InChI is InChI=1S/C16H25N3O2/c1-9(16-10(2)19-21-11(16)3)17-15(20)8-12-6-13-4-5-14(7-12)18-13/h9,12-14,18H,4-8H2,1-3H3,(H,17,20). The van der Waals surface area contributed by atoms with Gasteiger partial charge in [-0.15, -0.1) is 0 Å². The van der Waals surface area contributed by atoms with Crippen molar-refractivity contribution in [2.75, 3.05) is 0 Å². The maximum absolute atomic E-state index is 12.3. The molecule has 2 bridgehead atoms. The van der Waals surface area contributed by atoms with Gasteiger partial charge in [0.2, 0.25) is 5.91 Å². The van der Waals surface area contributed by atoms with Crippen LogP contribution in [0, 0.1) is 19.8 Å². The summed E-state index contributed by atoms with van der Waals surface area (Å²) in [6.07, 6.45) is 5.48. The highest BCUT2D eigenvalue weighted by molar-refractivity contribution is 5.76. The molecule has 0 saturated carbocycles. The first-order valence-electron chi connectivity index (χ1n) is 8.01. The Hall–Kier alpha value is -1.36. The Balaban J connectivity index is 1.54. The zero-order valence-corrected chi connectivity index (χ0v) is 13.1. The summed E-state index contributed by atoms with van der Waals surface area (Å²) in [4.78, 5) is 12.3. The highest BCUT2D eigenvalue weighted by Gasteiger charge is 2.34. The maximum atomic E-state index is 12.3. The largest absolute Gasteiger partial charge is 0.361 e. The molecule has 2 saturated heterocycles. The fraction of sp³-hybridized carbons (Fsp3) is 0.750. The number of nitrogens with zero attached hydrogens (tertiary/aromatic N) is 1. The van der Waals surface area contributed by atoms with Gasteiger partial charge in [-0.1, -0.05) is 5.16 Å². The summed E-state index contributed by atoms with van der Waals surface area (Å²) >= 11 is 0. The Morgan fingerprint density at radius 1 is 1.38 bits per heavy atom. The van der Waals surface area contributed by atoms with Gasteiger partial charge in [-0.05, 0) is 52.4 Å². The van der Waals surface area contributed by atoms with Gasteiger partial charge in [-0.2, -0.15) is 0 Å². The zero-order valence-electron chi connectivity index (χ0n) is 13.1. The molecular formula is C16H25N3O2. The highest BCUT2D eigenvalue weighted by Crippen LogP contribution is 2.32. The van der Waals surface area contributed by atoms with Crippen molar-refractivity contribution < 1.29 is 9.32 Å². The van der Waals surface area contributed by atoms with E-state index in [-0.39, 0.29) is 11.9 Å². The van der Waals surface area contributed by atoms with Crippen molar-refractivity contribution in [2.24, 2.45) is 5.92 Å². The summed E-state index contributed by atoms with van der Waals surface area (Å²) in [5.74, 6) is 1.47. The van der Waals surface area contributed by atoms with Crippen LogP contribution in [-0.4, -0.2) is 23.1 Å². The Bertz CT molecular complexity index is 494. The molecule has 0 spiro atoms. The maximum Gasteiger partial charge on any atom is 0.220 e. The molecule has 2 aliphatic rings. The van der Waals surface area contributed by atoms with Crippen LogP contribution in [0.25, 0.3) is 0 Å². The van der Waals surface area contributed by atoms with Gasteiger partial charge in [0.15, 0.2) is 0 Å². The molecule has 0 aromatic carbocycles. The molecule has 1 aromatic rings. The molecule has 1 aromatic heterocycles. The second-order valence-corrected chi connectivity index (χ2v) is 6.71. The molecule has 0 radical (unpaired) electrons. The number of amides is 1. The van der Waals surface area contributed by atoms with Gasteiger partial charge < -0.3 is 15.2 Å². The van der Waals surface area contributed by atoms with Crippen molar-refractivity contribution in [1.82, 2.24) is 15.8 Å². The second kappa shape index (κ2) is 5.79. The molecule has 2 fully saturated rings. The first kappa shape index (κ1) is 14.6. The van der Waals surface area contributed by atoms with Gasteiger partial charge >= 0.3 is 0 Å². The van der Waals surface area contributed by atoms with Crippen molar-refractivity contribution in [2.45, 2.75) is 71.0 Å². The molecule has 1 amide bonds. The lowest BCUT2D eigenvalue weighted by atomic mass is 9.89. The third-order valence-corrected chi connectivity index (χ3v) is 4.94. The lowest BCUT2D eigenvalue weighted by molar-refractivity contribution is -0.122. The number of aromatic nitrogens is 1. The minimum absolute atomic E-state index is 0.0396. The van der Waals surface area contributed by atoms with E-state index in [0.717, 1.165) is 29.9 Å².